The Bertz CT molecular complexity index is 399. The number of carbonyl (C=O) groups excluding carboxylic acids is 1. The van der Waals surface area contributed by atoms with E-state index in [-0.39, 0.29) is 11.9 Å². The molecule has 0 atom stereocenters. The summed E-state index contributed by atoms with van der Waals surface area (Å²) in [5.41, 5.74) is 0.455. The Morgan fingerprint density at radius 1 is 1.60 bits per heavy atom. The van der Waals surface area contributed by atoms with E-state index in [0.29, 0.717) is 29.1 Å². The van der Waals surface area contributed by atoms with Gasteiger partial charge in [0.1, 0.15) is 10.8 Å². The van der Waals surface area contributed by atoms with Gasteiger partial charge >= 0.3 is 0 Å². The highest BCUT2D eigenvalue weighted by molar-refractivity contribution is 6.41. The second-order valence-electron chi connectivity index (χ2n) is 3.44. The summed E-state index contributed by atoms with van der Waals surface area (Å²) in [5, 5.41) is 3.56. The maximum atomic E-state index is 11.7. The number of nitrogens with zero attached hydrogens (tertiary/aromatic N) is 1. The minimum Gasteiger partial charge on any atom is -0.377 e. The fourth-order valence-electron chi connectivity index (χ4n) is 1.34. The van der Waals surface area contributed by atoms with Gasteiger partial charge in [-0.1, -0.05) is 23.2 Å². The highest BCUT2D eigenvalue weighted by Gasteiger charge is 2.23. The van der Waals surface area contributed by atoms with E-state index >= 15 is 0 Å². The predicted octanol–water partition coefficient (Wildman–Crippen LogP) is 1.46. The smallest absolute Gasteiger partial charge is 0.268 e. The van der Waals surface area contributed by atoms with E-state index in [0.717, 1.165) is 0 Å². The van der Waals surface area contributed by atoms with Crippen LogP contribution < -0.4 is 5.32 Å². The molecule has 1 aromatic heterocycles. The zero-order chi connectivity index (χ0) is 11.0. The van der Waals surface area contributed by atoms with Crippen molar-refractivity contribution in [1.82, 2.24) is 9.88 Å². The molecule has 1 fully saturated rings. The lowest BCUT2D eigenvalue weighted by Gasteiger charge is -2.26. The summed E-state index contributed by atoms with van der Waals surface area (Å²) in [7, 11) is 1.69. The molecule has 15 heavy (non-hydrogen) atoms. The third-order valence-electron chi connectivity index (χ3n) is 2.32. The lowest BCUT2D eigenvalue weighted by atomic mass is 10.2. The van der Waals surface area contributed by atoms with Crippen molar-refractivity contribution in [3.8, 4) is 0 Å². The first kappa shape index (κ1) is 10.8. The van der Waals surface area contributed by atoms with Gasteiger partial charge in [0.15, 0.2) is 0 Å². The standard InChI is InChI=1S/C9H10Cl2N2O2/c1-13-7(2-6(10)8(13)11)9(14)12-5-3-15-4-5/h2,5H,3-4H2,1H3,(H,12,14). The van der Waals surface area contributed by atoms with Gasteiger partial charge in [0.05, 0.1) is 24.3 Å². The van der Waals surface area contributed by atoms with Crippen LogP contribution in [-0.2, 0) is 11.8 Å². The van der Waals surface area contributed by atoms with E-state index in [9.17, 15) is 4.79 Å². The fraction of sp³-hybridized carbons (Fsp3) is 0.444. The fourth-order valence-corrected chi connectivity index (χ4v) is 1.71. The number of nitrogens with one attached hydrogen (secondary N) is 1. The highest BCUT2D eigenvalue weighted by Crippen LogP contribution is 2.25. The zero-order valence-corrected chi connectivity index (χ0v) is 9.60. The van der Waals surface area contributed by atoms with Crippen molar-refractivity contribution in [1.29, 1.82) is 0 Å². The molecule has 0 aromatic carbocycles. The molecular weight excluding hydrogens is 239 g/mol. The molecule has 82 valence electrons. The number of rotatable bonds is 2. The molecule has 4 nitrogen and oxygen atoms in total. The van der Waals surface area contributed by atoms with Crippen LogP contribution in [-0.4, -0.2) is 29.7 Å². The first-order valence-corrected chi connectivity index (χ1v) is 5.24. The summed E-state index contributed by atoms with van der Waals surface area (Å²) in [5.74, 6) is -0.181. The van der Waals surface area contributed by atoms with Gasteiger partial charge in [-0.05, 0) is 6.07 Å². The van der Waals surface area contributed by atoms with Crippen LogP contribution in [0.15, 0.2) is 6.07 Å². The number of halogens is 2. The van der Waals surface area contributed by atoms with Crippen molar-refractivity contribution < 1.29 is 9.53 Å². The van der Waals surface area contributed by atoms with E-state index in [1.807, 2.05) is 0 Å². The van der Waals surface area contributed by atoms with Crippen LogP contribution in [0, 0.1) is 0 Å². The third-order valence-corrected chi connectivity index (χ3v) is 3.16. The molecule has 2 rings (SSSR count). The zero-order valence-electron chi connectivity index (χ0n) is 8.09. The maximum absolute atomic E-state index is 11.7. The van der Waals surface area contributed by atoms with Crippen LogP contribution in [0.25, 0.3) is 0 Å². The molecule has 1 amide bonds. The lowest BCUT2D eigenvalue weighted by molar-refractivity contribution is -0.00360. The number of aromatic nitrogens is 1. The number of hydrogen-bond acceptors (Lipinski definition) is 2. The Hall–Kier alpha value is -0.710. The second kappa shape index (κ2) is 4.04. The van der Waals surface area contributed by atoms with E-state index in [2.05, 4.69) is 5.32 Å². The molecule has 2 heterocycles. The lowest BCUT2D eigenvalue weighted by Crippen LogP contribution is -2.48. The molecule has 1 N–H and O–H groups in total. The molecule has 1 saturated heterocycles. The quantitative estimate of drug-likeness (QED) is 0.862. The van der Waals surface area contributed by atoms with Gasteiger partial charge in [-0.3, -0.25) is 4.79 Å². The molecule has 0 unspecified atom stereocenters. The van der Waals surface area contributed by atoms with Gasteiger partial charge in [0.25, 0.3) is 5.91 Å². The monoisotopic (exact) mass is 248 g/mol. The van der Waals surface area contributed by atoms with Gasteiger partial charge in [0.2, 0.25) is 0 Å². The van der Waals surface area contributed by atoms with E-state index in [1.165, 1.54) is 0 Å². The summed E-state index contributed by atoms with van der Waals surface area (Å²) in [6, 6.07) is 1.66. The number of amides is 1. The van der Waals surface area contributed by atoms with Gasteiger partial charge < -0.3 is 14.6 Å². The summed E-state index contributed by atoms with van der Waals surface area (Å²) >= 11 is 11.7. The van der Waals surface area contributed by atoms with Gasteiger partial charge in [-0.15, -0.1) is 0 Å². The normalized spacial score (nSPS) is 16.2. The molecule has 6 heteroatoms. The predicted molar refractivity (Wildman–Crippen MR) is 57.5 cm³/mol. The molecular formula is C9H10Cl2N2O2. The molecule has 1 aliphatic rings. The Balaban J connectivity index is 2.13. The summed E-state index contributed by atoms with van der Waals surface area (Å²) < 4.78 is 6.51. The van der Waals surface area contributed by atoms with E-state index < -0.39 is 0 Å². The Kier molecular flexibility index (Phi) is 2.91. The molecule has 0 radical (unpaired) electrons. The minimum atomic E-state index is -0.181. The van der Waals surface area contributed by atoms with Crippen molar-refractivity contribution >= 4 is 29.1 Å². The first-order chi connectivity index (χ1) is 7.09. The van der Waals surface area contributed by atoms with Crippen LogP contribution >= 0.6 is 23.2 Å². The average Bonchev–Trinajstić information content (AvgIpc) is 2.39. The van der Waals surface area contributed by atoms with Crippen LogP contribution in [0.4, 0.5) is 0 Å². The summed E-state index contributed by atoms with van der Waals surface area (Å²) in [6.45, 7) is 1.13. The molecule has 1 aliphatic heterocycles. The van der Waals surface area contributed by atoms with Crippen molar-refractivity contribution in [3.63, 3.8) is 0 Å². The van der Waals surface area contributed by atoms with E-state index in [4.69, 9.17) is 27.9 Å². The largest absolute Gasteiger partial charge is 0.377 e. The van der Waals surface area contributed by atoms with Gasteiger partial charge in [0, 0.05) is 7.05 Å². The molecule has 0 spiro atoms. The molecule has 0 aliphatic carbocycles. The summed E-state index contributed by atoms with van der Waals surface area (Å²) in [6.07, 6.45) is 0. The van der Waals surface area contributed by atoms with Crippen molar-refractivity contribution in [2.24, 2.45) is 7.05 Å². The van der Waals surface area contributed by atoms with Crippen LogP contribution in [0.2, 0.25) is 10.2 Å². The topological polar surface area (TPSA) is 43.3 Å². The summed E-state index contributed by atoms with van der Waals surface area (Å²) in [4.78, 5) is 11.7. The van der Waals surface area contributed by atoms with Crippen LogP contribution in [0.5, 0.6) is 0 Å². The number of hydrogen-bond donors (Lipinski definition) is 1. The SMILES string of the molecule is Cn1c(C(=O)NC2COC2)cc(Cl)c1Cl. The van der Waals surface area contributed by atoms with Crippen molar-refractivity contribution in [3.05, 3.63) is 21.9 Å². The first-order valence-electron chi connectivity index (χ1n) is 4.49. The van der Waals surface area contributed by atoms with Crippen LogP contribution in [0.1, 0.15) is 10.5 Å². The third kappa shape index (κ3) is 1.97. The average molecular weight is 249 g/mol. The van der Waals surface area contributed by atoms with Crippen LogP contribution in [0.3, 0.4) is 0 Å². The van der Waals surface area contributed by atoms with Gasteiger partial charge in [-0.25, -0.2) is 0 Å². The van der Waals surface area contributed by atoms with E-state index in [1.54, 1.807) is 17.7 Å². The van der Waals surface area contributed by atoms with Crippen molar-refractivity contribution in [2.75, 3.05) is 13.2 Å². The number of ether oxygens (including phenoxy) is 1. The maximum Gasteiger partial charge on any atom is 0.268 e. The molecule has 0 bridgehead atoms. The molecule has 0 saturated carbocycles. The minimum absolute atomic E-state index is 0.102. The Morgan fingerprint density at radius 3 is 2.67 bits per heavy atom. The highest BCUT2D eigenvalue weighted by atomic mass is 35.5. The Morgan fingerprint density at radius 2 is 2.27 bits per heavy atom. The molecule has 1 aromatic rings. The van der Waals surface area contributed by atoms with Crippen molar-refractivity contribution in [2.45, 2.75) is 6.04 Å². The second-order valence-corrected chi connectivity index (χ2v) is 4.20. The van der Waals surface area contributed by atoms with Gasteiger partial charge in [-0.2, -0.15) is 0 Å². The number of carbonyl (C=O) groups is 1. The Labute approximate surface area is 97.1 Å².